The topological polar surface area (TPSA) is 67.4 Å². The smallest absolute Gasteiger partial charge is 0.251 e. The summed E-state index contributed by atoms with van der Waals surface area (Å²) < 4.78 is 19.0. The average molecular weight is 398 g/mol. The molecule has 0 radical (unpaired) electrons. The van der Waals surface area contributed by atoms with Crippen LogP contribution in [0.3, 0.4) is 0 Å². The molecule has 1 aliphatic carbocycles. The van der Waals surface area contributed by atoms with Crippen LogP contribution in [0.1, 0.15) is 49.9 Å². The average Bonchev–Trinajstić information content (AvgIpc) is 3.20. The summed E-state index contributed by atoms with van der Waals surface area (Å²) in [5.74, 6) is -0.469. The highest BCUT2D eigenvalue weighted by atomic mass is 19.1. The Balaban J connectivity index is 1.60. The molecule has 2 N–H and O–H groups in total. The van der Waals surface area contributed by atoms with Gasteiger partial charge in [-0.15, -0.1) is 0 Å². The lowest BCUT2D eigenvalue weighted by atomic mass is 10.0. The number of amides is 2. The summed E-state index contributed by atoms with van der Waals surface area (Å²) in [5.41, 5.74) is 0.939. The van der Waals surface area contributed by atoms with Crippen molar-refractivity contribution in [3.8, 4) is 5.75 Å². The fraction of sp³-hybridized carbons (Fsp3) is 0.391. The highest BCUT2D eigenvalue weighted by molar-refractivity contribution is 6.01. The van der Waals surface area contributed by atoms with Crippen LogP contribution in [0.25, 0.3) is 0 Å². The van der Waals surface area contributed by atoms with E-state index in [2.05, 4.69) is 10.6 Å². The van der Waals surface area contributed by atoms with Crippen LogP contribution in [0.5, 0.6) is 5.75 Å². The van der Waals surface area contributed by atoms with Crippen LogP contribution in [0.2, 0.25) is 0 Å². The van der Waals surface area contributed by atoms with Gasteiger partial charge in [0, 0.05) is 11.3 Å². The Bertz CT molecular complexity index is 828. The predicted molar refractivity (Wildman–Crippen MR) is 110 cm³/mol. The van der Waals surface area contributed by atoms with Crippen molar-refractivity contribution in [1.29, 1.82) is 0 Å². The summed E-state index contributed by atoms with van der Waals surface area (Å²) in [6.45, 7) is 3.71. The molecule has 1 fully saturated rings. The number of halogens is 1. The van der Waals surface area contributed by atoms with Gasteiger partial charge in [-0.2, -0.15) is 0 Å². The van der Waals surface area contributed by atoms with Gasteiger partial charge >= 0.3 is 0 Å². The molecular formula is C23H27FN2O3. The molecule has 5 nitrogen and oxygen atoms in total. The van der Waals surface area contributed by atoms with Gasteiger partial charge in [0.2, 0.25) is 5.91 Å². The molecule has 0 saturated heterocycles. The van der Waals surface area contributed by atoms with Crippen LogP contribution < -0.4 is 15.4 Å². The molecule has 0 heterocycles. The number of carbonyl (C=O) groups is 2. The molecule has 0 spiro atoms. The van der Waals surface area contributed by atoms with Crippen LogP contribution in [-0.2, 0) is 4.79 Å². The number of rotatable bonds is 7. The van der Waals surface area contributed by atoms with Crippen molar-refractivity contribution >= 4 is 17.5 Å². The van der Waals surface area contributed by atoms with Crippen molar-refractivity contribution in [3.63, 3.8) is 0 Å². The quantitative estimate of drug-likeness (QED) is 0.720. The Morgan fingerprint density at radius 1 is 1.00 bits per heavy atom. The van der Waals surface area contributed by atoms with Crippen molar-refractivity contribution < 1.29 is 18.7 Å². The molecule has 1 unspecified atom stereocenters. The van der Waals surface area contributed by atoms with Gasteiger partial charge < -0.3 is 15.4 Å². The normalized spacial score (nSPS) is 15.2. The molecule has 2 aromatic rings. The van der Waals surface area contributed by atoms with E-state index in [0.717, 1.165) is 18.6 Å². The predicted octanol–water partition coefficient (Wildman–Crippen LogP) is 4.54. The first-order valence-corrected chi connectivity index (χ1v) is 10.1. The summed E-state index contributed by atoms with van der Waals surface area (Å²) in [4.78, 5) is 25.1. The largest absolute Gasteiger partial charge is 0.490 e. The Labute approximate surface area is 170 Å². The van der Waals surface area contributed by atoms with Crippen molar-refractivity contribution in [2.45, 2.75) is 51.7 Å². The lowest BCUT2D eigenvalue weighted by Gasteiger charge is -2.22. The number of benzene rings is 2. The van der Waals surface area contributed by atoms with Crippen LogP contribution in [0.15, 0.2) is 48.5 Å². The van der Waals surface area contributed by atoms with Gasteiger partial charge in [-0.3, -0.25) is 9.59 Å². The van der Waals surface area contributed by atoms with Crippen molar-refractivity contribution in [2.75, 3.05) is 5.32 Å². The first-order chi connectivity index (χ1) is 13.9. The minimum atomic E-state index is -0.720. The highest BCUT2D eigenvalue weighted by Crippen LogP contribution is 2.25. The number of hydrogen-bond donors (Lipinski definition) is 2. The third kappa shape index (κ3) is 5.79. The Hall–Kier alpha value is -2.89. The van der Waals surface area contributed by atoms with Crippen LogP contribution in [0, 0.1) is 11.7 Å². The molecule has 2 aromatic carbocycles. The molecule has 0 bridgehead atoms. The maximum Gasteiger partial charge on any atom is 0.251 e. The molecule has 1 saturated carbocycles. The summed E-state index contributed by atoms with van der Waals surface area (Å²) in [7, 11) is 0. The molecule has 3 rings (SSSR count). The Kier molecular flexibility index (Phi) is 6.86. The number of nitrogens with one attached hydrogen (secondary N) is 2. The molecule has 29 heavy (non-hydrogen) atoms. The van der Waals surface area contributed by atoms with Crippen LogP contribution in [-0.4, -0.2) is 24.0 Å². The fourth-order valence-corrected chi connectivity index (χ4v) is 3.40. The van der Waals surface area contributed by atoms with E-state index in [1.54, 1.807) is 12.1 Å². The van der Waals surface area contributed by atoms with Gasteiger partial charge in [-0.25, -0.2) is 4.39 Å². The van der Waals surface area contributed by atoms with Gasteiger partial charge in [-0.05, 0) is 80.1 Å². The zero-order chi connectivity index (χ0) is 20.8. The van der Waals surface area contributed by atoms with Crippen molar-refractivity contribution in [2.24, 2.45) is 5.92 Å². The van der Waals surface area contributed by atoms with E-state index >= 15 is 0 Å². The highest BCUT2D eigenvalue weighted by Gasteiger charge is 2.25. The van der Waals surface area contributed by atoms with E-state index in [-0.39, 0.29) is 17.9 Å². The van der Waals surface area contributed by atoms with Gasteiger partial charge in [-0.1, -0.05) is 13.8 Å². The van der Waals surface area contributed by atoms with E-state index in [0.29, 0.717) is 11.3 Å². The maximum absolute atomic E-state index is 13.0. The third-order valence-electron chi connectivity index (χ3n) is 5.07. The number of hydrogen-bond acceptors (Lipinski definition) is 3. The SMILES string of the molecule is CC(C)C(NC(=O)c1ccc(F)cc1)C(=O)Nc1ccc(OC2CCCC2)cc1. The molecule has 2 amide bonds. The second-order valence-electron chi connectivity index (χ2n) is 7.74. The maximum atomic E-state index is 13.0. The second-order valence-corrected chi connectivity index (χ2v) is 7.74. The molecule has 154 valence electrons. The van der Waals surface area contributed by atoms with Crippen LogP contribution >= 0.6 is 0 Å². The minimum Gasteiger partial charge on any atom is -0.490 e. The first kappa shape index (κ1) is 20.8. The van der Waals surface area contributed by atoms with Crippen molar-refractivity contribution in [3.05, 3.63) is 59.9 Å². The van der Waals surface area contributed by atoms with E-state index in [1.807, 2.05) is 26.0 Å². The zero-order valence-electron chi connectivity index (χ0n) is 16.8. The van der Waals surface area contributed by atoms with E-state index in [4.69, 9.17) is 4.74 Å². The van der Waals surface area contributed by atoms with Crippen LogP contribution in [0.4, 0.5) is 10.1 Å². The van der Waals surface area contributed by atoms with Crippen molar-refractivity contribution in [1.82, 2.24) is 5.32 Å². The monoisotopic (exact) mass is 398 g/mol. The minimum absolute atomic E-state index is 0.121. The standard InChI is InChI=1S/C23H27FN2O3/c1-15(2)21(26-22(27)16-7-9-17(24)10-8-16)23(28)25-18-11-13-20(14-12-18)29-19-5-3-4-6-19/h7-15,19,21H,3-6H2,1-2H3,(H,25,28)(H,26,27). The lowest BCUT2D eigenvalue weighted by Crippen LogP contribution is -2.47. The lowest BCUT2D eigenvalue weighted by molar-refractivity contribution is -0.118. The Morgan fingerprint density at radius 3 is 2.21 bits per heavy atom. The second kappa shape index (κ2) is 9.54. The summed E-state index contributed by atoms with van der Waals surface area (Å²) in [6.07, 6.45) is 4.87. The third-order valence-corrected chi connectivity index (χ3v) is 5.07. The fourth-order valence-electron chi connectivity index (χ4n) is 3.40. The summed E-state index contributed by atoms with van der Waals surface area (Å²) >= 11 is 0. The van der Waals surface area contributed by atoms with E-state index in [9.17, 15) is 14.0 Å². The molecule has 1 atom stereocenters. The Morgan fingerprint density at radius 2 is 1.62 bits per heavy atom. The molecule has 1 aliphatic rings. The molecule has 0 aliphatic heterocycles. The van der Waals surface area contributed by atoms with Gasteiger partial charge in [0.05, 0.1) is 6.10 Å². The molecule has 0 aromatic heterocycles. The molecule has 6 heteroatoms. The first-order valence-electron chi connectivity index (χ1n) is 10.1. The number of carbonyl (C=O) groups excluding carboxylic acids is 2. The number of ether oxygens (including phenoxy) is 1. The zero-order valence-corrected chi connectivity index (χ0v) is 16.8. The van der Waals surface area contributed by atoms with Gasteiger partial charge in [0.25, 0.3) is 5.91 Å². The summed E-state index contributed by atoms with van der Waals surface area (Å²) in [5, 5.41) is 5.57. The summed E-state index contributed by atoms with van der Waals surface area (Å²) in [6, 6.07) is 11.8. The molecular weight excluding hydrogens is 371 g/mol. The van der Waals surface area contributed by atoms with Gasteiger partial charge in [0.15, 0.2) is 0 Å². The number of anilines is 1. The van der Waals surface area contributed by atoms with E-state index in [1.165, 1.54) is 37.1 Å². The van der Waals surface area contributed by atoms with E-state index < -0.39 is 17.8 Å². The van der Waals surface area contributed by atoms with Gasteiger partial charge in [0.1, 0.15) is 17.6 Å².